The Balaban J connectivity index is 1.33. The summed E-state index contributed by atoms with van der Waals surface area (Å²) in [5.74, 6) is -1.23. The number of hydrogen-bond acceptors (Lipinski definition) is 5. The Morgan fingerprint density at radius 1 is 1.06 bits per heavy atom. The lowest BCUT2D eigenvalue weighted by atomic mass is 9.75. The maximum absolute atomic E-state index is 15.5. The summed E-state index contributed by atoms with van der Waals surface area (Å²) in [5.41, 5.74) is 1.83. The normalized spacial score (nSPS) is 14.7. The molecular weight excluding hydrogens is 468 g/mol. The molecule has 0 amide bonds. The first-order valence-electron chi connectivity index (χ1n) is 11.5. The number of aromatic amines is 2. The van der Waals surface area contributed by atoms with Gasteiger partial charge in [-0.05, 0) is 61.1 Å². The Morgan fingerprint density at radius 3 is 2.50 bits per heavy atom. The molecule has 0 radical (unpaired) electrons. The molecule has 0 unspecified atom stereocenters. The Bertz CT molecular complexity index is 1660. The topological polar surface area (TPSA) is 104 Å². The predicted octanol–water partition coefficient (Wildman–Crippen LogP) is 5.93. The van der Waals surface area contributed by atoms with Crippen molar-refractivity contribution < 1.29 is 23.1 Å². The summed E-state index contributed by atoms with van der Waals surface area (Å²) in [7, 11) is 0. The van der Waals surface area contributed by atoms with E-state index in [0.29, 0.717) is 29.7 Å². The zero-order chi connectivity index (χ0) is 25.0. The highest BCUT2D eigenvalue weighted by atomic mass is 19.1. The molecule has 5 aromatic rings. The van der Waals surface area contributed by atoms with Crippen LogP contribution in [-0.2, 0) is 5.60 Å². The first-order valence-corrected chi connectivity index (χ1v) is 11.5. The van der Waals surface area contributed by atoms with Gasteiger partial charge in [0.25, 0.3) is 0 Å². The number of halogens is 2. The predicted molar refractivity (Wildman–Crippen MR) is 129 cm³/mol. The fourth-order valence-corrected chi connectivity index (χ4v) is 4.64. The number of hydrogen-bond donors (Lipinski definition) is 3. The van der Waals surface area contributed by atoms with Crippen molar-refractivity contribution in [3.8, 4) is 34.1 Å². The highest BCUT2D eigenvalue weighted by Gasteiger charge is 2.36. The van der Waals surface area contributed by atoms with Crippen molar-refractivity contribution in [3.63, 3.8) is 0 Å². The molecule has 0 spiro atoms. The number of nitrogens with one attached hydrogen (secondary N) is 2. The molecule has 9 heteroatoms. The van der Waals surface area contributed by atoms with Gasteiger partial charge in [-0.25, -0.2) is 13.6 Å². The van der Waals surface area contributed by atoms with E-state index in [2.05, 4.69) is 19.6 Å². The van der Waals surface area contributed by atoms with Crippen LogP contribution in [0.15, 0.2) is 63.9 Å². The molecule has 0 aliphatic heterocycles. The van der Waals surface area contributed by atoms with Gasteiger partial charge in [-0.1, -0.05) is 35.5 Å². The molecule has 1 aliphatic rings. The monoisotopic (exact) mass is 489 g/mol. The van der Waals surface area contributed by atoms with Crippen LogP contribution in [0.2, 0.25) is 0 Å². The van der Waals surface area contributed by atoms with Crippen molar-refractivity contribution in [3.05, 3.63) is 87.9 Å². The highest BCUT2D eigenvalue weighted by Crippen LogP contribution is 2.42. The second-order valence-corrected chi connectivity index (χ2v) is 9.13. The van der Waals surface area contributed by atoms with Crippen LogP contribution >= 0.6 is 0 Å². The van der Waals surface area contributed by atoms with Gasteiger partial charge >= 0.3 is 5.76 Å². The molecule has 1 aliphatic carbocycles. The minimum absolute atomic E-state index is 0.146. The van der Waals surface area contributed by atoms with Gasteiger partial charge < -0.3 is 14.8 Å². The maximum atomic E-state index is 15.5. The molecule has 0 bridgehead atoms. The van der Waals surface area contributed by atoms with Crippen LogP contribution in [0.25, 0.3) is 33.4 Å². The number of aromatic nitrogens is 3. The number of rotatable bonds is 5. The first-order chi connectivity index (χ1) is 17.3. The fraction of sp³-hybridized carbons (Fsp3) is 0.185. The first kappa shape index (κ1) is 22.2. The number of fused-ring (bicyclic) bond motifs is 1. The van der Waals surface area contributed by atoms with Gasteiger partial charge in [0.15, 0.2) is 11.7 Å². The molecule has 2 heterocycles. The number of aliphatic hydroxyl groups is 1. The lowest BCUT2D eigenvalue weighted by Crippen LogP contribution is -2.33. The molecule has 36 heavy (non-hydrogen) atoms. The smallest absolute Gasteiger partial charge is 0.439 e. The van der Waals surface area contributed by atoms with Crippen molar-refractivity contribution in [1.29, 1.82) is 0 Å². The third kappa shape index (κ3) is 3.68. The van der Waals surface area contributed by atoms with Crippen LogP contribution < -0.4 is 10.5 Å². The lowest BCUT2D eigenvalue weighted by Gasteiger charge is -2.37. The van der Waals surface area contributed by atoms with E-state index in [1.807, 2.05) is 6.92 Å². The van der Waals surface area contributed by atoms with E-state index >= 15 is 8.78 Å². The summed E-state index contributed by atoms with van der Waals surface area (Å²) in [6, 6.07) is 14.6. The van der Waals surface area contributed by atoms with Gasteiger partial charge in [0, 0.05) is 17.0 Å². The van der Waals surface area contributed by atoms with Crippen LogP contribution in [0, 0.1) is 18.6 Å². The van der Waals surface area contributed by atoms with E-state index in [1.165, 1.54) is 12.1 Å². The Morgan fingerprint density at radius 2 is 1.83 bits per heavy atom. The molecule has 3 N–H and O–H groups in total. The average molecular weight is 489 g/mol. The van der Waals surface area contributed by atoms with Gasteiger partial charge in [0.05, 0.1) is 16.7 Å². The maximum Gasteiger partial charge on any atom is 0.439 e. The zero-order valence-corrected chi connectivity index (χ0v) is 19.2. The molecule has 3 aromatic carbocycles. The van der Waals surface area contributed by atoms with E-state index < -0.39 is 23.0 Å². The van der Waals surface area contributed by atoms with E-state index in [4.69, 9.17) is 4.74 Å². The summed E-state index contributed by atoms with van der Waals surface area (Å²) < 4.78 is 41.0. The average Bonchev–Trinajstić information content (AvgIpc) is 3.45. The molecular formula is C27H21F2N3O4. The molecule has 0 atom stereocenters. The molecule has 0 saturated heterocycles. The van der Waals surface area contributed by atoms with Crippen LogP contribution in [0.5, 0.6) is 11.6 Å². The molecule has 182 valence electrons. The van der Waals surface area contributed by atoms with Crippen LogP contribution in [0.1, 0.15) is 30.4 Å². The lowest BCUT2D eigenvalue weighted by molar-refractivity contribution is -0.0387. The van der Waals surface area contributed by atoms with E-state index in [1.54, 1.807) is 42.5 Å². The van der Waals surface area contributed by atoms with Crippen molar-refractivity contribution in [1.82, 2.24) is 15.1 Å². The van der Waals surface area contributed by atoms with Crippen LogP contribution in [-0.4, -0.2) is 20.2 Å². The second kappa shape index (κ2) is 8.17. The third-order valence-corrected chi connectivity index (χ3v) is 6.81. The molecule has 6 rings (SSSR count). The summed E-state index contributed by atoms with van der Waals surface area (Å²) in [6.07, 6.45) is 2.33. The number of aryl methyl sites for hydroxylation is 1. The number of ether oxygens (including phenoxy) is 1. The number of nitrogens with zero attached hydrogens (tertiary/aromatic N) is 1. The van der Waals surface area contributed by atoms with Gasteiger partial charge in [-0.2, -0.15) is 0 Å². The summed E-state index contributed by atoms with van der Waals surface area (Å²) in [5, 5.41) is 14.4. The van der Waals surface area contributed by atoms with Crippen molar-refractivity contribution >= 4 is 10.9 Å². The van der Waals surface area contributed by atoms with Crippen molar-refractivity contribution in [2.75, 3.05) is 0 Å². The van der Waals surface area contributed by atoms with E-state index in [9.17, 15) is 9.90 Å². The summed E-state index contributed by atoms with van der Waals surface area (Å²) in [6.45, 7) is 1.84. The Kier molecular flexibility index (Phi) is 5.04. The largest absolute Gasteiger partial charge is 0.441 e. The van der Waals surface area contributed by atoms with E-state index in [0.717, 1.165) is 17.5 Å². The van der Waals surface area contributed by atoms with Gasteiger partial charge in [0.2, 0.25) is 0 Å². The highest BCUT2D eigenvalue weighted by molar-refractivity contribution is 5.88. The van der Waals surface area contributed by atoms with Crippen LogP contribution in [0.4, 0.5) is 8.78 Å². The summed E-state index contributed by atoms with van der Waals surface area (Å²) in [4.78, 5) is 16.7. The molecule has 2 aromatic heterocycles. The minimum Gasteiger partial charge on any atom is -0.441 e. The molecule has 1 fully saturated rings. The molecule has 7 nitrogen and oxygen atoms in total. The quantitative estimate of drug-likeness (QED) is 0.284. The van der Waals surface area contributed by atoms with Gasteiger partial charge in [0.1, 0.15) is 17.4 Å². The fourth-order valence-electron chi connectivity index (χ4n) is 4.64. The third-order valence-electron chi connectivity index (χ3n) is 6.81. The number of benzene rings is 3. The summed E-state index contributed by atoms with van der Waals surface area (Å²) >= 11 is 0. The van der Waals surface area contributed by atoms with Gasteiger partial charge in [-0.3, -0.25) is 9.51 Å². The van der Waals surface area contributed by atoms with Crippen LogP contribution in [0.3, 0.4) is 0 Å². The standard InChI is InChI=1S/C27H21F2N3O4/c1-14-3-8-17(11-18(14)25-31-26(33)36-32-25)35-22-12-19-21(30-22)13-20(28)23(24(19)29)15-4-6-16(7-5-15)27(34)9-2-10-27/h3-8,11-13,30,34H,2,9-10H2,1H3,(H,31,32,33). The van der Waals surface area contributed by atoms with E-state index in [-0.39, 0.29) is 28.2 Å². The Labute approximate surface area is 203 Å². The zero-order valence-electron chi connectivity index (χ0n) is 19.2. The van der Waals surface area contributed by atoms with Gasteiger partial charge in [-0.15, -0.1) is 0 Å². The Hall–Kier alpha value is -4.24. The number of H-pyrrole nitrogens is 2. The minimum atomic E-state index is -0.842. The van der Waals surface area contributed by atoms with Crippen molar-refractivity contribution in [2.24, 2.45) is 0 Å². The van der Waals surface area contributed by atoms with Crippen molar-refractivity contribution in [2.45, 2.75) is 31.8 Å². The molecule has 1 saturated carbocycles. The second-order valence-electron chi connectivity index (χ2n) is 9.13. The SMILES string of the molecule is Cc1ccc(Oc2cc3c(F)c(-c4ccc(C5(O)CCC5)cc4)c(F)cc3[nH]2)cc1-c1noc(=O)[nH]1.